The quantitative estimate of drug-likeness (QED) is 0.888. The lowest BCUT2D eigenvalue weighted by molar-refractivity contribution is 0.142. The fraction of sp³-hybridized carbons (Fsp3) is 0.133. The van der Waals surface area contributed by atoms with E-state index in [0.717, 1.165) is 16.7 Å². The highest BCUT2D eigenvalue weighted by Gasteiger charge is 2.01. The third-order valence-corrected chi connectivity index (χ3v) is 2.73. The van der Waals surface area contributed by atoms with Gasteiger partial charge in [-0.3, -0.25) is 0 Å². The number of hydrogen-bond donors (Lipinski definition) is 2. The number of rotatable bonds is 3. The predicted molar refractivity (Wildman–Crippen MR) is 72.8 cm³/mol. The Morgan fingerprint density at radius 3 is 2.11 bits per heavy atom. The van der Waals surface area contributed by atoms with Crippen LogP contribution in [-0.2, 0) is 11.3 Å². The molecule has 0 unspecified atom stereocenters. The van der Waals surface area contributed by atoms with E-state index in [2.05, 4.69) is 5.32 Å². The van der Waals surface area contributed by atoms with Gasteiger partial charge >= 0.3 is 6.09 Å². The van der Waals surface area contributed by atoms with Gasteiger partial charge in [0.15, 0.2) is 0 Å². The van der Waals surface area contributed by atoms with Crippen LogP contribution in [0.3, 0.4) is 0 Å². The summed E-state index contributed by atoms with van der Waals surface area (Å²) in [5, 5.41) is 11.6. The first kappa shape index (κ1) is 13.0. The minimum atomic E-state index is -0.442. The maximum absolute atomic E-state index is 10.9. The summed E-state index contributed by atoms with van der Waals surface area (Å²) in [4.78, 5) is 10.9. The van der Waals surface area contributed by atoms with Gasteiger partial charge in [-0.25, -0.2) is 4.79 Å². The second-order valence-electron chi connectivity index (χ2n) is 4.07. The molecule has 0 heterocycles. The molecule has 0 aliphatic rings. The van der Waals surface area contributed by atoms with E-state index in [0.29, 0.717) is 0 Å². The SMILES string of the molecule is CNC(=O)OCc1ccc(-c2ccc(O)cc2)cc1. The number of amides is 1. The van der Waals surface area contributed by atoms with Gasteiger partial charge in [-0.2, -0.15) is 0 Å². The Hall–Kier alpha value is -2.49. The van der Waals surface area contributed by atoms with Gasteiger partial charge in [0, 0.05) is 7.05 Å². The highest BCUT2D eigenvalue weighted by atomic mass is 16.5. The van der Waals surface area contributed by atoms with Crippen LogP contribution in [0.1, 0.15) is 5.56 Å². The Bertz CT molecular complexity index is 547. The Morgan fingerprint density at radius 2 is 1.58 bits per heavy atom. The summed E-state index contributed by atoms with van der Waals surface area (Å²) in [5.41, 5.74) is 2.99. The minimum absolute atomic E-state index is 0.246. The van der Waals surface area contributed by atoms with E-state index >= 15 is 0 Å². The van der Waals surface area contributed by atoms with Crippen LogP contribution < -0.4 is 5.32 Å². The van der Waals surface area contributed by atoms with E-state index < -0.39 is 6.09 Å². The molecule has 19 heavy (non-hydrogen) atoms. The van der Waals surface area contributed by atoms with Gasteiger partial charge in [0.25, 0.3) is 0 Å². The Kier molecular flexibility index (Phi) is 4.03. The first-order valence-electron chi connectivity index (χ1n) is 5.92. The van der Waals surface area contributed by atoms with Crippen molar-refractivity contribution in [3.8, 4) is 16.9 Å². The zero-order valence-electron chi connectivity index (χ0n) is 10.6. The molecule has 0 spiro atoms. The van der Waals surface area contributed by atoms with Gasteiger partial charge < -0.3 is 15.2 Å². The molecule has 4 nitrogen and oxygen atoms in total. The number of nitrogens with one attached hydrogen (secondary N) is 1. The highest BCUT2D eigenvalue weighted by molar-refractivity contribution is 5.67. The van der Waals surface area contributed by atoms with Crippen LogP contribution in [0.25, 0.3) is 11.1 Å². The molecule has 0 radical (unpaired) electrons. The van der Waals surface area contributed by atoms with Crippen molar-refractivity contribution in [2.75, 3.05) is 7.05 Å². The van der Waals surface area contributed by atoms with Crippen LogP contribution in [0.5, 0.6) is 5.75 Å². The number of phenols is 1. The zero-order valence-corrected chi connectivity index (χ0v) is 10.6. The fourth-order valence-corrected chi connectivity index (χ4v) is 1.67. The molecule has 98 valence electrons. The van der Waals surface area contributed by atoms with Crippen LogP contribution in [0.4, 0.5) is 4.79 Å². The maximum Gasteiger partial charge on any atom is 0.407 e. The lowest BCUT2D eigenvalue weighted by atomic mass is 10.0. The molecule has 2 aromatic rings. The number of carbonyl (C=O) groups excluding carboxylic acids is 1. The summed E-state index contributed by atoms with van der Waals surface area (Å²) in [7, 11) is 1.52. The largest absolute Gasteiger partial charge is 0.508 e. The smallest absolute Gasteiger partial charge is 0.407 e. The molecule has 0 aliphatic heterocycles. The van der Waals surface area contributed by atoms with Crippen molar-refractivity contribution in [3.63, 3.8) is 0 Å². The van der Waals surface area contributed by atoms with Gasteiger partial charge in [0.2, 0.25) is 0 Å². The molecular weight excluding hydrogens is 242 g/mol. The first-order chi connectivity index (χ1) is 9.19. The van der Waals surface area contributed by atoms with Crippen molar-refractivity contribution >= 4 is 6.09 Å². The highest BCUT2D eigenvalue weighted by Crippen LogP contribution is 2.22. The van der Waals surface area contributed by atoms with Crippen molar-refractivity contribution < 1.29 is 14.6 Å². The standard InChI is InChI=1S/C15H15NO3/c1-16-15(18)19-10-11-2-4-12(5-3-11)13-6-8-14(17)9-7-13/h2-9,17H,10H2,1H3,(H,16,18). The summed E-state index contributed by atoms with van der Waals surface area (Å²) in [6, 6.07) is 14.7. The molecule has 0 aromatic heterocycles. The van der Waals surface area contributed by atoms with Crippen LogP contribution in [0.2, 0.25) is 0 Å². The van der Waals surface area contributed by atoms with Gasteiger partial charge in [-0.1, -0.05) is 36.4 Å². The second kappa shape index (κ2) is 5.91. The summed E-state index contributed by atoms with van der Waals surface area (Å²) >= 11 is 0. The molecule has 2 N–H and O–H groups in total. The molecule has 0 saturated carbocycles. The molecule has 0 bridgehead atoms. The van der Waals surface area contributed by atoms with Crippen LogP contribution >= 0.6 is 0 Å². The number of phenolic OH excluding ortho intramolecular Hbond substituents is 1. The monoisotopic (exact) mass is 257 g/mol. The summed E-state index contributed by atoms with van der Waals surface area (Å²) < 4.78 is 4.96. The average Bonchev–Trinajstić information content (AvgIpc) is 2.46. The number of aromatic hydroxyl groups is 1. The molecule has 2 aromatic carbocycles. The average molecular weight is 257 g/mol. The molecule has 1 amide bonds. The summed E-state index contributed by atoms with van der Waals surface area (Å²) in [5.74, 6) is 0.249. The third-order valence-electron chi connectivity index (χ3n) is 2.73. The zero-order chi connectivity index (χ0) is 13.7. The van der Waals surface area contributed by atoms with Crippen LogP contribution in [0.15, 0.2) is 48.5 Å². The van der Waals surface area contributed by atoms with Gasteiger partial charge in [-0.05, 0) is 28.8 Å². The Labute approximate surface area is 111 Å². The van der Waals surface area contributed by atoms with E-state index in [-0.39, 0.29) is 12.4 Å². The van der Waals surface area contributed by atoms with Gasteiger partial charge in [0.05, 0.1) is 0 Å². The van der Waals surface area contributed by atoms with Crippen LogP contribution in [0, 0.1) is 0 Å². The summed E-state index contributed by atoms with van der Waals surface area (Å²) in [6.45, 7) is 0.246. The van der Waals surface area contributed by atoms with Crippen LogP contribution in [-0.4, -0.2) is 18.2 Å². The molecule has 0 fully saturated rings. The molecule has 4 heteroatoms. The van der Waals surface area contributed by atoms with Crippen molar-refractivity contribution in [3.05, 3.63) is 54.1 Å². The Balaban J connectivity index is 2.06. The first-order valence-corrected chi connectivity index (χ1v) is 5.92. The van der Waals surface area contributed by atoms with Crippen molar-refractivity contribution in [1.29, 1.82) is 0 Å². The van der Waals surface area contributed by atoms with E-state index in [1.54, 1.807) is 12.1 Å². The van der Waals surface area contributed by atoms with E-state index in [1.165, 1.54) is 7.05 Å². The number of ether oxygens (including phenoxy) is 1. The number of hydrogen-bond acceptors (Lipinski definition) is 3. The van der Waals surface area contributed by atoms with Crippen molar-refractivity contribution in [2.45, 2.75) is 6.61 Å². The van der Waals surface area contributed by atoms with E-state index in [4.69, 9.17) is 4.74 Å². The third kappa shape index (κ3) is 3.48. The lowest BCUT2D eigenvalue weighted by Crippen LogP contribution is -2.18. The van der Waals surface area contributed by atoms with Gasteiger partial charge in [0.1, 0.15) is 12.4 Å². The van der Waals surface area contributed by atoms with Gasteiger partial charge in [-0.15, -0.1) is 0 Å². The molecule has 0 aliphatic carbocycles. The normalized spacial score (nSPS) is 9.95. The van der Waals surface area contributed by atoms with Crippen molar-refractivity contribution in [1.82, 2.24) is 5.32 Å². The lowest BCUT2D eigenvalue weighted by Gasteiger charge is -2.06. The molecule has 0 atom stereocenters. The summed E-state index contributed by atoms with van der Waals surface area (Å²) in [6.07, 6.45) is -0.442. The minimum Gasteiger partial charge on any atom is -0.508 e. The number of carbonyl (C=O) groups is 1. The maximum atomic E-state index is 10.9. The molecule has 2 rings (SSSR count). The number of alkyl carbamates (subject to hydrolysis) is 1. The molecule has 0 saturated heterocycles. The van der Waals surface area contributed by atoms with E-state index in [1.807, 2.05) is 36.4 Å². The van der Waals surface area contributed by atoms with E-state index in [9.17, 15) is 9.90 Å². The van der Waals surface area contributed by atoms with Crippen molar-refractivity contribution in [2.24, 2.45) is 0 Å². The topological polar surface area (TPSA) is 58.6 Å². The predicted octanol–water partition coefficient (Wildman–Crippen LogP) is 2.92. The molecular formula is C15H15NO3. The fourth-order valence-electron chi connectivity index (χ4n) is 1.67. The Morgan fingerprint density at radius 1 is 1.05 bits per heavy atom. The second-order valence-corrected chi connectivity index (χ2v) is 4.07. The number of benzene rings is 2.